The highest BCUT2D eigenvalue weighted by molar-refractivity contribution is 5.94. The number of aromatic nitrogens is 1. The van der Waals surface area contributed by atoms with Gasteiger partial charge in [-0.05, 0) is 43.3 Å². The largest absolute Gasteiger partial charge is 0.462 e. The summed E-state index contributed by atoms with van der Waals surface area (Å²) in [5.74, 6) is 0.598. The second-order valence-corrected chi connectivity index (χ2v) is 7.37. The van der Waals surface area contributed by atoms with Gasteiger partial charge in [-0.1, -0.05) is 0 Å². The summed E-state index contributed by atoms with van der Waals surface area (Å²) in [6.45, 7) is 4.70. The predicted molar refractivity (Wildman–Crippen MR) is 119 cm³/mol. The average molecular weight is 449 g/mol. The third-order valence-electron chi connectivity index (χ3n) is 5.15. The number of nitrogens with zero attached hydrogens (tertiary/aromatic N) is 4. The van der Waals surface area contributed by atoms with Crippen LogP contribution in [0.5, 0.6) is 0 Å². The Labute approximate surface area is 190 Å². The molecule has 0 saturated carbocycles. The summed E-state index contributed by atoms with van der Waals surface area (Å²) in [4.78, 5) is 32.4. The summed E-state index contributed by atoms with van der Waals surface area (Å²) >= 11 is 0. The van der Waals surface area contributed by atoms with E-state index in [9.17, 15) is 14.9 Å². The highest BCUT2D eigenvalue weighted by Crippen LogP contribution is 2.29. The number of amides is 1. The number of furan rings is 1. The summed E-state index contributed by atoms with van der Waals surface area (Å²) in [6, 6.07) is 12.1. The molecule has 10 nitrogen and oxygen atoms in total. The molecule has 3 aromatic rings. The quantitative estimate of drug-likeness (QED) is 0.542. The molecule has 1 aromatic carbocycles. The van der Waals surface area contributed by atoms with Crippen molar-refractivity contribution >= 4 is 23.4 Å². The van der Waals surface area contributed by atoms with Crippen LogP contribution in [0.15, 0.2) is 51.5 Å². The maximum atomic E-state index is 12.4. The first-order chi connectivity index (χ1) is 16.1. The van der Waals surface area contributed by atoms with E-state index in [0.29, 0.717) is 55.7 Å². The van der Waals surface area contributed by atoms with Crippen LogP contribution in [0.2, 0.25) is 0 Å². The fourth-order valence-electron chi connectivity index (χ4n) is 3.52. The number of piperazine rings is 1. The van der Waals surface area contributed by atoms with Crippen LogP contribution >= 0.6 is 0 Å². The molecular weight excluding hydrogens is 426 g/mol. The minimum Gasteiger partial charge on any atom is -0.462 e. The minimum absolute atomic E-state index is 0.148. The van der Waals surface area contributed by atoms with Crippen molar-refractivity contribution in [3.8, 4) is 17.7 Å². The van der Waals surface area contributed by atoms with Gasteiger partial charge in [0.25, 0.3) is 5.89 Å². The third kappa shape index (κ3) is 5.22. The van der Waals surface area contributed by atoms with E-state index in [0.717, 1.165) is 0 Å². The first-order valence-corrected chi connectivity index (χ1v) is 10.6. The molecule has 0 spiro atoms. The molecule has 10 heteroatoms. The molecule has 33 heavy (non-hydrogen) atoms. The summed E-state index contributed by atoms with van der Waals surface area (Å²) in [7, 11) is 0. The van der Waals surface area contributed by atoms with E-state index in [1.165, 1.54) is 6.26 Å². The molecule has 1 aliphatic rings. The number of ether oxygens (including phenoxy) is 1. The Hall–Kier alpha value is -4.10. The number of anilines is 2. The Kier molecular flexibility index (Phi) is 6.71. The zero-order valence-electron chi connectivity index (χ0n) is 18.1. The molecule has 0 aliphatic carbocycles. The molecular formula is C23H23N5O5. The lowest BCUT2D eigenvalue weighted by atomic mass is 10.2. The number of carbonyl (C=O) groups is 2. The lowest BCUT2D eigenvalue weighted by Crippen LogP contribution is -2.48. The highest BCUT2D eigenvalue weighted by atomic mass is 16.5. The fourth-order valence-corrected chi connectivity index (χ4v) is 3.52. The van der Waals surface area contributed by atoms with Gasteiger partial charge in [-0.3, -0.25) is 9.69 Å². The van der Waals surface area contributed by atoms with Crippen molar-refractivity contribution in [3.05, 3.63) is 53.9 Å². The van der Waals surface area contributed by atoms with E-state index in [-0.39, 0.29) is 24.0 Å². The molecule has 1 saturated heterocycles. The molecule has 0 unspecified atom stereocenters. The average Bonchev–Trinajstić information content (AvgIpc) is 3.50. The van der Waals surface area contributed by atoms with Gasteiger partial charge in [-0.2, -0.15) is 10.2 Å². The van der Waals surface area contributed by atoms with E-state index in [4.69, 9.17) is 13.6 Å². The van der Waals surface area contributed by atoms with Crippen molar-refractivity contribution in [1.82, 2.24) is 9.88 Å². The molecule has 2 aromatic heterocycles. The Balaban J connectivity index is 1.29. The minimum atomic E-state index is -0.393. The van der Waals surface area contributed by atoms with E-state index in [1.54, 1.807) is 43.3 Å². The Morgan fingerprint density at radius 3 is 2.58 bits per heavy atom. The first-order valence-electron chi connectivity index (χ1n) is 10.6. The summed E-state index contributed by atoms with van der Waals surface area (Å²) in [5, 5.41) is 12.3. The number of esters is 1. The van der Waals surface area contributed by atoms with E-state index in [2.05, 4.69) is 16.4 Å². The maximum Gasteiger partial charge on any atom is 0.338 e. The van der Waals surface area contributed by atoms with Gasteiger partial charge in [-0.15, -0.1) is 0 Å². The number of oxazole rings is 1. The van der Waals surface area contributed by atoms with Gasteiger partial charge >= 0.3 is 5.97 Å². The molecule has 1 N–H and O–H groups in total. The van der Waals surface area contributed by atoms with Crippen molar-refractivity contribution in [1.29, 1.82) is 5.26 Å². The Morgan fingerprint density at radius 2 is 1.94 bits per heavy atom. The van der Waals surface area contributed by atoms with Crippen LogP contribution in [0.4, 0.5) is 11.6 Å². The molecule has 0 atom stereocenters. The van der Waals surface area contributed by atoms with Crippen molar-refractivity contribution in [2.45, 2.75) is 6.92 Å². The van der Waals surface area contributed by atoms with Gasteiger partial charge in [-0.25, -0.2) is 4.79 Å². The van der Waals surface area contributed by atoms with Crippen LogP contribution < -0.4 is 10.2 Å². The van der Waals surface area contributed by atoms with Gasteiger partial charge in [0, 0.05) is 31.9 Å². The second-order valence-electron chi connectivity index (χ2n) is 7.37. The molecule has 170 valence electrons. The van der Waals surface area contributed by atoms with Crippen LogP contribution in [0.1, 0.15) is 23.0 Å². The topological polar surface area (TPSA) is 125 Å². The molecule has 1 fully saturated rings. The fraction of sp³-hybridized carbons (Fsp3) is 0.304. The molecule has 4 rings (SSSR count). The standard InChI is InChI=1S/C23H23N5O5/c1-2-31-23(30)16-5-7-17(8-6-16)25-20(29)15-27-9-11-28(12-10-27)22-18(14-24)26-21(33-22)19-4-3-13-32-19/h3-8,13H,2,9-12,15H2,1H3,(H,25,29). The summed E-state index contributed by atoms with van der Waals surface area (Å²) in [6.07, 6.45) is 1.52. The molecule has 0 bridgehead atoms. The zero-order valence-corrected chi connectivity index (χ0v) is 18.1. The molecule has 1 amide bonds. The van der Waals surface area contributed by atoms with Crippen LogP contribution in [0.25, 0.3) is 11.7 Å². The van der Waals surface area contributed by atoms with Crippen molar-refractivity contribution < 1.29 is 23.2 Å². The number of benzene rings is 1. The summed E-state index contributed by atoms with van der Waals surface area (Å²) in [5.41, 5.74) is 1.25. The number of hydrogen-bond donors (Lipinski definition) is 1. The molecule has 0 radical (unpaired) electrons. The summed E-state index contributed by atoms with van der Waals surface area (Å²) < 4.78 is 16.0. The third-order valence-corrected chi connectivity index (χ3v) is 5.15. The van der Waals surface area contributed by atoms with E-state index in [1.807, 2.05) is 9.80 Å². The van der Waals surface area contributed by atoms with Gasteiger partial charge in [0.15, 0.2) is 5.76 Å². The maximum absolute atomic E-state index is 12.4. The van der Waals surface area contributed by atoms with Crippen LogP contribution in [-0.2, 0) is 9.53 Å². The molecule has 3 heterocycles. The zero-order chi connectivity index (χ0) is 23.2. The highest BCUT2D eigenvalue weighted by Gasteiger charge is 2.26. The van der Waals surface area contributed by atoms with Crippen molar-refractivity contribution in [2.24, 2.45) is 0 Å². The van der Waals surface area contributed by atoms with Gasteiger partial charge in [0.1, 0.15) is 6.07 Å². The smallest absolute Gasteiger partial charge is 0.338 e. The molecule has 1 aliphatic heterocycles. The number of hydrogen-bond acceptors (Lipinski definition) is 9. The first kappa shape index (κ1) is 22.1. The van der Waals surface area contributed by atoms with Crippen LogP contribution in [0.3, 0.4) is 0 Å². The lowest BCUT2D eigenvalue weighted by molar-refractivity contribution is -0.117. The second kappa shape index (κ2) is 10.0. The number of nitriles is 1. The van der Waals surface area contributed by atoms with Crippen LogP contribution in [-0.4, -0.2) is 61.1 Å². The van der Waals surface area contributed by atoms with Crippen molar-refractivity contribution in [2.75, 3.05) is 49.5 Å². The van der Waals surface area contributed by atoms with Gasteiger partial charge < -0.3 is 23.8 Å². The number of nitrogens with one attached hydrogen (secondary N) is 1. The van der Waals surface area contributed by atoms with Gasteiger partial charge in [0.05, 0.1) is 25.0 Å². The predicted octanol–water partition coefficient (Wildman–Crippen LogP) is 2.74. The lowest BCUT2D eigenvalue weighted by Gasteiger charge is -2.34. The Morgan fingerprint density at radius 1 is 1.18 bits per heavy atom. The SMILES string of the molecule is CCOC(=O)c1ccc(NC(=O)CN2CCN(c3oc(-c4ccco4)nc3C#N)CC2)cc1. The number of carbonyl (C=O) groups excluding carboxylic acids is 2. The van der Waals surface area contributed by atoms with E-state index < -0.39 is 5.97 Å². The number of rotatable bonds is 7. The van der Waals surface area contributed by atoms with Crippen molar-refractivity contribution in [3.63, 3.8) is 0 Å². The Bertz CT molecular complexity index is 1140. The normalized spacial score (nSPS) is 14.0. The van der Waals surface area contributed by atoms with E-state index >= 15 is 0 Å². The monoisotopic (exact) mass is 449 g/mol. The van der Waals surface area contributed by atoms with Gasteiger partial charge in [0.2, 0.25) is 17.5 Å². The van der Waals surface area contributed by atoms with Crippen LogP contribution in [0, 0.1) is 11.3 Å².